The molecule has 1 N–H and O–H groups in total. The lowest BCUT2D eigenvalue weighted by Crippen LogP contribution is -2.29. The van der Waals surface area contributed by atoms with Gasteiger partial charge >= 0.3 is 0 Å². The van der Waals surface area contributed by atoms with Crippen molar-refractivity contribution < 1.29 is 4.42 Å². The quantitative estimate of drug-likeness (QED) is 0.770. The van der Waals surface area contributed by atoms with Crippen LogP contribution in [0.2, 0.25) is 0 Å². The summed E-state index contributed by atoms with van der Waals surface area (Å²) in [6.07, 6.45) is 2.13. The highest BCUT2D eigenvalue weighted by atomic mass is 16.3. The summed E-state index contributed by atoms with van der Waals surface area (Å²) < 4.78 is 5.64. The summed E-state index contributed by atoms with van der Waals surface area (Å²) in [5.41, 5.74) is 0. The Morgan fingerprint density at radius 1 is 1.31 bits per heavy atom. The molecule has 0 aliphatic rings. The van der Waals surface area contributed by atoms with Gasteiger partial charge in [-0.05, 0) is 46.1 Å². The highest BCUT2D eigenvalue weighted by Gasteiger charge is 2.04. The summed E-state index contributed by atoms with van der Waals surface area (Å²) in [7, 11) is 4.21. The smallest absolute Gasteiger partial charge is 0.117 e. The lowest BCUT2D eigenvalue weighted by atomic mass is 10.2. The molecular formula is C13H24N2O. The standard InChI is InChI=1S/C13H24N2O/c1-5-12-6-7-13(16-12)10-14-11(2)8-9-15(3)4/h6-7,11,14H,5,8-10H2,1-4H3. The summed E-state index contributed by atoms with van der Waals surface area (Å²) in [6.45, 7) is 6.27. The Kier molecular flexibility index (Phi) is 5.56. The summed E-state index contributed by atoms with van der Waals surface area (Å²) in [5.74, 6) is 2.10. The van der Waals surface area contributed by atoms with Crippen LogP contribution in [-0.2, 0) is 13.0 Å². The molecule has 0 amide bonds. The third kappa shape index (κ3) is 4.81. The normalized spacial score (nSPS) is 13.3. The van der Waals surface area contributed by atoms with Crippen molar-refractivity contribution in [3.8, 4) is 0 Å². The van der Waals surface area contributed by atoms with Gasteiger partial charge in [0.05, 0.1) is 6.54 Å². The van der Waals surface area contributed by atoms with Crippen LogP contribution in [0.5, 0.6) is 0 Å². The molecule has 1 atom stereocenters. The molecule has 0 bridgehead atoms. The van der Waals surface area contributed by atoms with Crippen molar-refractivity contribution in [1.82, 2.24) is 10.2 Å². The molecule has 0 radical (unpaired) electrons. The first-order chi connectivity index (χ1) is 7.61. The van der Waals surface area contributed by atoms with Crippen LogP contribution in [0.1, 0.15) is 31.8 Å². The van der Waals surface area contributed by atoms with Gasteiger partial charge in [0.15, 0.2) is 0 Å². The largest absolute Gasteiger partial charge is 0.465 e. The van der Waals surface area contributed by atoms with E-state index in [1.165, 1.54) is 0 Å². The Morgan fingerprint density at radius 2 is 2.00 bits per heavy atom. The Hall–Kier alpha value is -0.800. The van der Waals surface area contributed by atoms with Crippen LogP contribution in [0.15, 0.2) is 16.5 Å². The van der Waals surface area contributed by atoms with E-state index < -0.39 is 0 Å². The van der Waals surface area contributed by atoms with Gasteiger partial charge in [-0.2, -0.15) is 0 Å². The van der Waals surface area contributed by atoms with Crippen LogP contribution < -0.4 is 5.32 Å². The van der Waals surface area contributed by atoms with Crippen molar-refractivity contribution in [3.63, 3.8) is 0 Å². The Balaban J connectivity index is 2.23. The van der Waals surface area contributed by atoms with Crippen LogP contribution in [0.4, 0.5) is 0 Å². The number of furan rings is 1. The average molecular weight is 224 g/mol. The van der Waals surface area contributed by atoms with Gasteiger partial charge in [-0.15, -0.1) is 0 Å². The highest BCUT2D eigenvalue weighted by Crippen LogP contribution is 2.08. The molecular weight excluding hydrogens is 200 g/mol. The summed E-state index contributed by atoms with van der Waals surface area (Å²) in [4.78, 5) is 2.21. The third-order valence-corrected chi connectivity index (χ3v) is 2.70. The predicted octanol–water partition coefficient (Wildman–Crippen LogP) is 2.27. The van der Waals surface area contributed by atoms with Gasteiger partial charge in [0.25, 0.3) is 0 Å². The maximum atomic E-state index is 5.64. The Labute approximate surface area is 98.8 Å². The molecule has 16 heavy (non-hydrogen) atoms. The molecule has 0 aromatic carbocycles. The van der Waals surface area contributed by atoms with E-state index in [9.17, 15) is 0 Å². The fourth-order valence-electron chi connectivity index (χ4n) is 1.54. The fourth-order valence-corrected chi connectivity index (χ4v) is 1.54. The molecule has 0 saturated carbocycles. The fraction of sp³-hybridized carbons (Fsp3) is 0.692. The number of nitrogens with one attached hydrogen (secondary N) is 1. The second-order valence-electron chi connectivity index (χ2n) is 4.60. The molecule has 1 aromatic heterocycles. The molecule has 1 unspecified atom stereocenters. The minimum atomic E-state index is 0.526. The maximum Gasteiger partial charge on any atom is 0.117 e. The second kappa shape index (κ2) is 6.71. The minimum absolute atomic E-state index is 0.526. The molecule has 1 rings (SSSR count). The second-order valence-corrected chi connectivity index (χ2v) is 4.60. The van der Waals surface area contributed by atoms with Crippen LogP contribution in [0.25, 0.3) is 0 Å². The van der Waals surface area contributed by atoms with E-state index in [1.807, 2.05) is 0 Å². The van der Waals surface area contributed by atoms with Gasteiger partial charge in [0.1, 0.15) is 11.5 Å². The molecule has 0 fully saturated rings. The van der Waals surface area contributed by atoms with E-state index in [0.717, 1.165) is 37.5 Å². The first-order valence-electron chi connectivity index (χ1n) is 6.07. The zero-order valence-corrected chi connectivity index (χ0v) is 10.9. The molecule has 0 saturated heterocycles. The number of rotatable bonds is 7. The van der Waals surface area contributed by atoms with E-state index in [4.69, 9.17) is 4.42 Å². The van der Waals surface area contributed by atoms with E-state index in [-0.39, 0.29) is 0 Å². The summed E-state index contributed by atoms with van der Waals surface area (Å²) in [5, 5.41) is 3.47. The van der Waals surface area contributed by atoms with Crippen LogP contribution >= 0.6 is 0 Å². The van der Waals surface area contributed by atoms with Gasteiger partial charge in [-0.25, -0.2) is 0 Å². The van der Waals surface area contributed by atoms with Gasteiger partial charge < -0.3 is 14.6 Å². The van der Waals surface area contributed by atoms with E-state index >= 15 is 0 Å². The topological polar surface area (TPSA) is 28.4 Å². The summed E-state index contributed by atoms with van der Waals surface area (Å²) >= 11 is 0. The van der Waals surface area contributed by atoms with Crippen molar-refractivity contribution in [2.75, 3.05) is 20.6 Å². The van der Waals surface area contributed by atoms with Crippen molar-refractivity contribution >= 4 is 0 Å². The molecule has 0 spiro atoms. The van der Waals surface area contributed by atoms with Crippen LogP contribution in [-0.4, -0.2) is 31.6 Å². The number of nitrogens with zero attached hydrogens (tertiary/aromatic N) is 1. The average Bonchev–Trinajstić information content (AvgIpc) is 2.71. The van der Waals surface area contributed by atoms with E-state index in [1.54, 1.807) is 0 Å². The van der Waals surface area contributed by atoms with Crippen LogP contribution in [0.3, 0.4) is 0 Å². The molecule has 3 nitrogen and oxygen atoms in total. The van der Waals surface area contributed by atoms with Crippen LogP contribution in [0, 0.1) is 0 Å². The van der Waals surface area contributed by atoms with Gasteiger partial charge in [0.2, 0.25) is 0 Å². The molecule has 3 heteroatoms. The molecule has 0 aliphatic heterocycles. The Bertz CT molecular complexity index is 294. The third-order valence-electron chi connectivity index (χ3n) is 2.70. The summed E-state index contributed by atoms with van der Waals surface area (Å²) in [6, 6.07) is 4.64. The molecule has 1 heterocycles. The molecule has 92 valence electrons. The lowest BCUT2D eigenvalue weighted by molar-refractivity contribution is 0.357. The maximum absolute atomic E-state index is 5.64. The highest BCUT2D eigenvalue weighted by molar-refractivity contribution is 5.06. The van der Waals surface area contributed by atoms with E-state index in [0.29, 0.717) is 6.04 Å². The Morgan fingerprint density at radius 3 is 2.56 bits per heavy atom. The van der Waals surface area contributed by atoms with Gasteiger partial charge in [0, 0.05) is 12.5 Å². The minimum Gasteiger partial charge on any atom is -0.465 e. The molecule has 1 aromatic rings. The first-order valence-corrected chi connectivity index (χ1v) is 6.07. The monoisotopic (exact) mass is 224 g/mol. The first kappa shape index (κ1) is 13.3. The number of hydrogen-bond donors (Lipinski definition) is 1. The SMILES string of the molecule is CCc1ccc(CNC(C)CCN(C)C)o1. The van der Waals surface area contributed by atoms with Crippen molar-refractivity contribution in [1.29, 1.82) is 0 Å². The van der Waals surface area contributed by atoms with Crippen molar-refractivity contribution in [2.45, 2.75) is 39.3 Å². The van der Waals surface area contributed by atoms with Gasteiger partial charge in [-0.1, -0.05) is 6.92 Å². The van der Waals surface area contributed by atoms with Crippen molar-refractivity contribution in [3.05, 3.63) is 23.7 Å². The zero-order chi connectivity index (χ0) is 12.0. The molecule has 0 aliphatic carbocycles. The van der Waals surface area contributed by atoms with Gasteiger partial charge in [-0.3, -0.25) is 0 Å². The zero-order valence-electron chi connectivity index (χ0n) is 10.9. The predicted molar refractivity (Wildman–Crippen MR) is 67.6 cm³/mol. The van der Waals surface area contributed by atoms with E-state index in [2.05, 4.69) is 50.3 Å². The number of aryl methyl sites for hydroxylation is 1. The lowest BCUT2D eigenvalue weighted by Gasteiger charge is -2.15. The number of hydrogen-bond acceptors (Lipinski definition) is 3. The van der Waals surface area contributed by atoms with Crippen molar-refractivity contribution in [2.24, 2.45) is 0 Å².